The van der Waals surface area contributed by atoms with Crippen LogP contribution in [-0.4, -0.2) is 38.4 Å². The molecule has 21 heavy (non-hydrogen) atoms. The van der Waals surface area contributed by atoms with Crippen LogP contribution in [-0.2, 0) is 9.84 Å². The summed E-state index contributed by atoms with van der Waals surface area (Å²) in [6.45, 7) is 4.52. The number of anilines is 1. The Balaban J connectivity index is 2.26. The monoisotopic (exact) mass is 309 g/mol. The first-order valence-corrected chi connectivity index (χ1v) is 8.62. The van der Waals surface area contributed by atoms with Gasteiger partial charge in [0, 0.05) is 31.1 Å². The second-order valence-corrected chi connectivity index (χ2v) is 7.36. The summed E-state index contributed by atoms with van der Waals surface area (Å²) < 4.78 is 28.0. The zero-order chi connectivity index (χ0) is 15.6. The minimum atomic E-state index is -3.25. The summed E-state index contributed by atoms with van der Waals surface area (Å²) in [5.74, 6) is 0.508. The Morgan fingerprint density at radius 2 is 1.90 bits per heavy atom. The van der Waals surface area contributed by atoms with Gasteiger partial charge in [0.05, 0.1) is 0 Å². The van der Waals surface area contributed by atoms with Crippen LogP contribution >= 0.6 is 0 Å². The Kier molecular flexibility index (Phi) is 4.32. The molecule has 1 unspecified atom stereocenters. The zero-order valence-electron chi connectivity index (χ0n) is 12.6. The van der Waals surface area contributed by atoms with Crippen molar-refractivity contribution in [3.05, 3.63) is 30.2 Å². The molecule has 1 atom stereocenters. The Hall–Kier alpha value is -1.89. The van der Waals surface area contributed by atoms with Crippen LogP contribution in [0.5, 0.6) is 0 Å². The third kappa shape index (κ3) is 3.41. The van der Waals surface area contributed by atoms with Crippen molar-refractivity contribution in [2.75, 3.05) is 24.7 Å². The van der Waals surface area contributed by atoms with Crippen LogP contribution in [0.2, 0.25) is 0 Å². The van der Waals surface area contributed by atoms with E-state index in [0.29, 0.717) is 5.82 Å². The number of rotatable bonds is 5. The maximum absolute atomic E-state index is 11.5. The SMILES string of the molecule is CCN(C)c1ccc(-c2noc(C(C)S(C)(=O)=O)n2)cc1. The topological polar surface area (TPSA) is 76.3 Å². The molecule has 1 heterocycles. The standard InChI is InChI=1S/C14H19N3O3S/c1-5-17(3)12-8-6-11(7-9-12)13-15-14(20-16-13)10(2)21(4,18)19/h6-10H,5H2,1-4H3. The lowest BCUT2D eigenvalue weighted by atomic mass is 10.2. The normalized spacial score (nSPS) is 13.1. The van der Waals surface area contributed by atoms with Gasteiger partial charge in [0.25, 0.3) is 0 Å². The van der Waals surface area contributed by atoms with Crippen molar-refractivity contribution in [2.45, 2.75) is 19.1 Å². The first kappa shape index (κ1) is 15.5. The van der Waals surface area contributed by atoms with E-state index in [1.54, 1.807) is 0 Å². The molecule has 114 valence electrons. The van der Waals surface area contributed by atoms with Gasteiger partial charge in [0.15, 0.2) is 9.84 Å². The molecule has 7 heteroatoms. The fraction of sp³-hybridized carbons (Fsp3) is 0.429. The molecule has 0 aliphatic rings. The lowest BCUT2D eigenvalue weighted by molar-refractivity contribution is 0.377. The molecule has 0 aliphatic carbocycles. The van der Waals surface area contributed by atoms with E-state index in [4.69, 9.17) is 4.52 Å². The molecule has 6 nitrogen and oxygen atoms in total. The van der Waals surface area contributed by atoms with Gasteiger partial charge < -0.3 is 9.42 Å². The Bertz CT molecular complexity index is 707. The number of benzene rings is 1. The molecule has 2 rings (SSSR count). The van der Waals surface area contributed by atoms with Crippen molar-refractivity contribution in [1.82, 2.24) is 10.1 Å². The van der Waals surface area contributed by atoms with Gasteiger partial charge in [-0.15, -0.1) is 0 Å². The number of aromatic nitrogens is 2. The van der Waals surface area contributed by atoms with E-state index in [1.807, 2.05) is 31.3 Å². The van der Waals surface area contributed by atoms with E-state index in [0.717, 1.165) is 24.1 Å². The highest BCUT2D eigenvalue weighted by atomic mass is 32.2. The quantitative estimate of drug-likeness (QED) is 0.843. The molecule has 0 radical (unpaired) electrons. The molecule has 0 bridgehead atoms. The first-order chi connectivity index (χ1) is 9.82. The summed E-state index contributed by atoms with van der Waals surface area (Å²) in [5, 5.41) is 3.05. The molecule has 0 saturated carbocycles. The van der Waals surface area contributed by atoms with Crippen LogP contribution in [0.3, 0.4) is 0 Å². The summed E-state index contributed by atoms with van der Waals surface area (Å²) in [5.41, 5.74) is 1.88. The van der Waals surface area contributed by atoms with Crippen LogP contribution in [0.1, 0.15) is 25.0 Å². The highest BCUT2D eigenvalue weighted by Gasteiger charge is 2.24. The van der Waals surface area contributed by atoms with Gasteiger partial charge in [0.2, 0.25) is 11.7 Å². The van der Waals surface area contributed by atoms with E-state index >= 15 is 0 Å². The van der Waals surface area contributed by atoms with Gasteiger partial charge >= 0.3 is 0 Å². The van der Waals surface area contributed by atoms with Gasteiger partial charge in [-0.1, -0.05) is 5.16 Å². The molecule has 0 N–H and O–H groups in total. The Morgan fingerprint density at radius 3 is 2.43 bits per heavy atom. The second-order valence-electron chi connectivity index (χ2n) is 4.99. The van der Waals surface area contributed by atoms with Crippen LogP contribution in [0.15, 0.2) is 28.8 Å². The maximum Gasteiger partial charge on any atom is 0.244 e. The molecule has 2 aromatic rings. The minimum Gasteiger partial charge on any atom is -0.375 e. The lowest BCUT2D eigenvalue weighted by Crippen LogP contribution is -2.15. The highest BCUT2D eigenvalue weighted by Crippen LogP contribution is 2.24. The summed E-state index contributed by atoms with van der Waals surface area (Å²) in [7, 11) is -1.24. The average Bonchev–Trinajstić information content (AvgIpc) is 2.94. The molecular formula is C14H19N3O3S. The molecule has 0 amide bonds. The van der Waals surface area contributed by atoms with Crippen molar-refractivity contribution < 1.29 is 12.9 Å². The largest absolute Gasteiger partial charge is 0.375 e. The smallest absolute Gasteiger partial charge is 0.244 e. The van der Waals surface area contributed by atoms with Crippen LogP contribution in [0.25, 0.3) is 11.4 Å². The first-order valence-electron chi connectivity index (χ1n) is 6.67. The van der Waals surface area contributed by atoms with Crippen LogP contribution < -0.4 is 4.90 Å². The Morgan fingerprint density at radius 1 is 1.29 bits per heavy atom. The summed E-state index contributed by atoms with van der Waals surface area (Å²) in [6, 6.07) is 7.71. The maximum atomic E-state index is 11.5. The van der Waals surface area contributed by atoms with Crippen LogP contribution in [0, 0.1) is 0 Å². The number of hydrogen-bond acceptors (Lipinski definition) is 6. The second kappa shape index (κ2) is 5.85. The predicted octanol–water partition coefficient (Wildman–Crippen LogP) is 2.30. The van der Waals surface area contributed by atoms with Crippen molar-refractivity contribution in [2.24, 2.45) is 0 Å². The molecule has 1 aromatic heterocycles. The van der Waals surface area contributed by atoms with E-state index in [9.17, 15) is 8.42 Å². The summed E-state index contributed by atoms with van der Waals surface area (Å²) >= 11 is 0. The lowest BCUT2D eigenvalue weighted by Gasteiger charge is -2.16. The van der Waals surface area contributed by atoms with Gasteiger partial charge in [0.1, 0.15) is 5.25 Å². The van der Waals surface area contributed by atoms with Gasteiger partial charge in [-0.3, -0.25) is 0 Å². The average molecular weight is 309 g/mol. The number of nitrogens with zero attached hydrogens (tertiary/aromatic N) is 3. The molecule has 1 aromatic carbocycles. The van der Waals surface area contributed by atoms with E-state index in [-0.39, 0.29) is 5.89 Å². The van der Waals surface area contributed by atoms with E-state index in [1.165, 1.54) is 6.92 Å². The Labute approximate surface area is 124 Å². The van der Waals surface area contributed by atoms with Crippen molar-refractivity contribution in [3.63, 3.8) is 0 Å². The van der Waals surface area contributed by atoms with E-state index in [2.05, 4.69) is 22.0 Å². The van der Waals surface area contributed by atoms with Crippen molar-refractivity contribution >= 4 is 15.5 Å². The minimum absolute atomic E-state index is 0.113. The molecule has 0 fully saturated rings. The van der Waals surface area contributed by atoms with Crippen molar-refractivity contribution in [3.8, 4) is 11.4 Å². The van der Waals surface area contributed by atoms with Gasteiger partial charge in [-0.05, 0) is 38.1 Å². The molecule has 0 spiro atoms. The molecule has 0 aliphatic heterocycles. The van der Waals surface area contributed by atoms with Crippen molar-refractivity contribution in [1.29, 1.82) is 0 Å². The van der Waals surface area contributed by atoms with Gasteiger partial charge in [-0.25, -0.2) is 8.42 Å². The molecular weight excluding hydrogens is 290 g/mol. The number of sulfone groups is 1. The third-order valence-corrected chi connectivity index (χ3v) is 4.96. The van der Waals surface area contributed by atoms with Gasteiger partial charge in [-0.2, -0.15) is 4.98 Å². The predicted molar refractivity (Wildman–Crippen MR) is 81.9 cm³/mol. The zero-order valence-corrected chi connectivity index (χ0v) is 13.4. The summed E-state index contributed by atoms with van der Waals surface area (Å²) in [6.07, 6.45) is 1.15. The summed E-state index contributed by atoms with van der Waals surface area (Å²) in [4.78, 5) is 6.28. The molecule has 0 saturated heterocycles. The number of hydrogen-bond donors (Lipinski definition) is 0. The fourth-order valence-electron chi connectivity index (χ4n) is 1.75. The van der Waals surface area contributed by atoms with E-state index < -0.39 is 15.1 Å². The third-order valence-electron chi connectivity index (χ3n) is 3.47. The highest BCUT2D eigenvalue weighted by molar-refractivity contribution is 7.90. The fourth-order valence-corrected chi connectivity index (χ4v) is 2.21. The van der Waals surface area contributed by atoms with Crippen LogP contribution in [0.4, 0.5) is 5.69 Å².